The number of aliphatic imine (C=N–C) groups is 1. The molecule has 0 radical (unpaired) electrons. The quantitative estimate of drug-likeness (QED) is 0.584. The molecule has 2 aromatic heterocycles. The number of fused-ring (bicyclic) bond motifs is 1. The van der Waals surface area contributed by atoms with E-state index in [1.165, 1.54) is 40.9 Å². The Bertz CT molecular complexity index is 1130. The predicted octanol–water partition coefficient (Wildman–Crippen LogP) is 3.50. The lowest BCUT2D eigenvalue weighted by atomic mass is 10.1. The molecule has 10 heteroatoms. The van der Waals surface area contributed by atoms with Crippen LogP contribution in [0.4, 0.5) is 23.2 Å². The number of imidazole rings is 1. The molecule has 3 aromatic rings. The average molecular weight is 404 g/mol. The van der Waals surface area contributed by atoms with Crippen molar-refractivity contribution in [1.29, 1.82) is 0 Å². The van der Waals surface area contributed by atoms with Crippen molar-refractivity contribution in [3.63, 3.8) is 0 Å². The lowest BCUT2D eigenvalue weighted by Gasteiger charge is -2.34. The van der Waals surface area contributed by atoms with Crippen LogP contribution in [0.2, 0.25) is 0 Å². The Balaban J connectivity index is 1.84. The lowest BCUT2D eigenvalue weighted by molar-refractivity contribution is -0.137. The summed E-state index contributed by atoms with van der Waals surface area (Å²) in [5.41, 5.74) is 6.95. The van der Waals surface area contributed by atoms with E-state index in [9.17, 15) is 17.6 Å². The number of aryl methyl sites for hydroxylation is 1. The third-order valence-corrected chi connectivity index (χ3v) is 4.48. The highest BCUT2D eigenvalue weighted by atomic mass is 19.4. The fourth-order valence-electron chi connectivity index (χ4n) is 3.28. The number of hydrogen-bond donors (Lipinski definition) is 3. The first-order valence-corrected chi connectivity index (χ1v) is 8.58. The zero-order valence-corrected chi connectivity index (χ0v) is 15.1. The molecule has 1 atom stereocenters. The van der Waals surface area contributed by atoms with Crippen LogP contribution in [-0.4, -0.2) is 15.2 Å². The van der Waals surface area contributed by atoms with Crippen LogP contribution in [-0.2, 0) is 12.0 Å². The van der Waals surface area contributed by atoms with Gasteiger partial charge in [0.05, 0.1) is 11.3 Å². The number of nitrogens with zero attached hydrogens (tertiary/aromatic N) is 3. The third-order valence-electron chi connectivity index (χ3n) is 4.48. The summed E-state index contributed by atoms with van der Waals surface area (Å²) in [5, 5.41) is 6.12. The van der Waals surface area contributed by atoms with Crippen molar-refractivity contribution in [2.24, 2.45) is 10.7 Å². The molecular formula is C19H16F4N6. The number of alkyl halides is 3. The van der Waals surface area contributed by atoms with Gasteiger partial charge in [-0.05, 0) is 49.4 Å². The number of rotatable bonds is 3. The maximum Gasteiger partial charge on any atom is 0.416 e. The van der Waals surface area contributed by atoms with Crippen molar-refractivity contribution in [3.05, 3.63) is 77.6 Å². The fourth-order valence-corrected chi connectivity index (χ4v) is 3.28. The molecule has 0 spiro atoms. The molecule has 150 valence electrons. The molecule has 1 unspecified atom stereocenters. The number of hydrogen-bond acceptors (Lipinski definition) is 5. The molecule has 4 N–H and O–H groups in total. The molecule has 0 bridgehead atoms. The summed E-state index contributed by atoms with van der Waals surface area (Å²) < 4.78 is 54.0. The molecule has 0 amide bonds. The number of pyridine rings is 1. The minimum absolute atomic E-state index is 0.175. The van der Waals surface area contributed by atoms with Crippen molar-refractivity contribution in [2.45, 2.75) is 18.9 Å². The first-order chi connectivity index (χ1) is 13.7. The number of nitrogens with two attached hydrogens (primary N) is 1. The summed E-state index contributed by atoms with van der Waals surface area (Å²) in [6.07, 6.45) is -0.101. The van der Waals surface area contributed by atoms with E-state index in [1.807, 2.05) is 0 Å². The summed E-state index contributed by atoms with van der Waals surface area (Å²) in [7, 11) is 0. The van der Waals surface area contributed by atoms with Gasteiger partial charge in [-0.2, -0.15) is 13.2 Å². The summed E-state index contributed by atoms with van der Waals surface area (Å²) in [6, 6.07) is 7.30. The Morgan fingerprint density at radius 1 is 1.14 bits per heavy atom. The van der Waals surface area contributed by atoms with Crippen LogP contribution in [0, 0.1) is 12.7 Å². The molecule has 0 saturated carbocycles. The van der Waals surface area contributed by atoms with Crippen molar-refractivity contribution < 1.29 is 17.6 Å². The molecule has 3 heterocycles. The second-order valence-electron chi connectivity index (χ2n) is 6.55. The van der Waals surface area contributed by atoms with E-state index in [4.69, 9.17) is 5.73 Å². The van der Waals surface area contributed by atoms with E-state index in [2.05, 4.69) is 20.6 Å². The van der Waals surface area contributed by atoms with Crippen molar-refractivity contribution in [2.75, 3.05) is 5.32 Å². The standard InChI is InChI=1S/C19H16F4N6/c1-11-17(29-10-13(20)4-7-16(29)26-11)19(25-9-8-15(24)28-19)27-14-5-2-12(3-6-14)18(21,22)23/h2-10,25,27H,1H3,(H2,24,28). The van der Waals surface area contributed by atoms with Crippen molar-refractivity contribution in [3.8, 4) is 0 Å². The number of amidine groups is 1. The van der Waals surface area contributed by atoms with Crippen LogP contribution in [0.1, 0.15) is 17.0 Å². The van der Waals surface area contributed by atoms with E-state index in [-0.39, 0.29) is 5.84 Å². The first-order valence-electron chi connectivity index (χ1n) is 8.58. The van der Waals surface area contributed by atoms with Crippen molar-refractivity contribution in [1.82, 2.24) is 14.7 Å². The van der Waals surface area contributed by atoms with Gasteiger partial charge < -0.3 is 16.4 Å². The topological polar surface area (TPSA) is 79.7 Å². The Morgan fingerprint density at radius 3 is 2.52 bits per heavy atom. The Morgan fingerprint density at radius 2 is 1.86 bits per heavy atom. The second-order valence-corrected chi connectivity index (χ2v) is 6.55. The third kappa shape index (κ3) is 3.37. The van der Waals surface area contributed by atoms with Gasteiger partial charge in [0.1, 0.15) is 23.0 Å². The fraction of sp³-hybridized carbons (Fsp3) is 0.158. The summed E-state index contributed by atoms with van der Waals surface area (Å²) in [4.78, 5) is 8.86. The molecule has 1 aliphatic rings. The smallest absolute Gasteiger partial charge is 0.384 e. The van der Waals surface area contributed by atoms with E-state index >= 15 is 0 Å². The molecular weight excluding hydrogens is 388 g/mol. The van der Waals surface area contributed by atoms with E-state index in [1.54, 1.807) is 13.1 Å². The normalized spacial score (nSPS) is 19.1. The van der Waals surface area contributed by atoms with Gasteiger partial charge in [0.2, 0.25) is 0 Å². The zero-order valence-electron chi connectivity index (χ0n) is 15.1. The van der Waals surface area contributed by atoms with Crippen LogP contribution in [0.3, 0.4) is 0 Å². The monoisotopic (exact) mass is 404 g/mol. The molecule has 0 saturated heterocycles. The minimum atomic E-state index is -4.44. The summed E-state index contributed by atoms with van der Waals surface area (Å²) in [5.74, 6) is -1.71. The first kappa shape index (κ1) is 18.8. The van der Waals surface area contributed by atoms with Crippen LogP contribution in [0.5, 0.6) is 0 Å². The van der Waals surface area contributed by atoms with Crippen LogP contribution >= 0.6 is 0 Å². The van der Waals surface area contributed by atoms with Gasteiger partial charge in [0.25, 0.3) is 5.79 Å². The molecule has 1 aliphatic heterocycles. The molecule has 0 aliphatic carbocycles. The minimum Gasteiger partial charge on any atom is -0.384 e. The Hall–Kier alpha value is -3.56. The van der Waals surface area contributed by atoms with Gasteiger partial charge in [-0.1, -0.05) is 0 Å². The lowest BCUT2D eigenvalue weighted by Crippen LogP contribution is -2.49. The number of aromatic nitrogens is 2. The van der Waals surface area contributed by atoms with Crippen LogP contribution < -0.4 is 16.4 Å². The number of anilines is 1. The van der Waals surface area contributed by atoms with Gasteiger partial charge in [0, 0.05) is 18.1 Å². The van der Waals surface area contributed by atoms with Crippen molar-refractivity contribution >= 4 is 17.2 Å². The number of halogens is 4. The zero-order chi connectivity index (χ0) is 20.8. The van der Waals surface area contributed by atoms with E-state index in [0.29, 0.717) is 22.7 Å². The van der Waals surface area contributed by atoms with Gasteiger partial charge in [0.15, 0.2) is 0 Å². The molecule has 1 aromatic carbocycles. The molecule has 29 heavy (non-hydrogen) atoms. The van der Waals surface area contributed by atoms with Crippen LogP contribution in [0.15, 0.2) is 59.9 Å². The average Bonchev–Trinajstić information content (AvgIpc) is 2.97. The maximum atomic E-state index is 13.9. The Labute approximate surface area is 162 Å². The van der Waals surface area contributed by atoms with Gasteiger partial charge in [-0.15, -0.1) is 0 Å². The highest BCUT2D eigenvalue weighted by Gasteiger charge is 2.38. The van der Waals surface area contributed by atoms with Gasteiger partial charge >= 0.3 is 6.18 Å². The second kappa shape index (κ2) is 6.50. The van der Waals surface area contributed by atoms with E-state index in [0.717, 1.165) is 12.1 Å². The maximum absolute atomic E-state index is 13.9. The number of benzene rings is 1. The number of nitrogens with one attached hydrogen (secondary N) is 2. The molecule has 6 nitrogen and oxygen atoms in total. The molecule has 0 fully saturated rings. The van der Waals surface area contributed by atoms with E-state index < -0.39 is 23.3 Å². The highest BCUT2D eigenvalue weighted by Crippen LogP contribution is 2.33. The summed E-state index contributed by atoms with van der Waals surface area (Å²) >= 11 is 0. The highest BCUT2D eigenvalue weighted by molar-refractivity contribution is 5.92. The van der Waals surface area contributed by atoms with Gasteiger partial charge in [-0.3, -0.25) is 4.40 Å². The van der Waals surface area contributed by atoms with Crippen LogP contribution in [0.25, 0.3) is 5.65 Å². The SMILES string of the molecule is Cc1nc2ccc(F)cn2c1C1(Nc2ccc(C(F)(F)F)cc2)N=C(N)C=CN1. The molecule has 4 rings (SSSR count). The van der Waals surface area contributed by atoms with Gasteiger partial charge in [-0.25, -0.2) is 14.4 Å². The summed E-state index contributed by atoms with van der Waals surface area (Å²) in [6.45, 7) is 1.72. The largest absolute Gasteiger partial charge is 0.416 e. The Kier molecular flexibility index (Phi) is 4.21. The predicted molar refractivity (Wildman–Crippen MR) is 101 cm³/mol.